The van der Waals surface area contributed by atoms with Gasteiger partial charge in [0.25, 0.3) is 5.56 Å². The maximum absolute atomic E-state index is 11.6. The van der Waals surface area contributed by atoms with Gasteiger partial charge in [-0.1, -0.05) is 30.3 Å². The number of rotatable bonds is 3. The Morgan fingerprint density at radius 3 is 2.67 bits per heavy atom. The second-order valence-corrected chi connectivity index (χ2v) is 4.35. The van der Waals surface area contributed by atoms with Crippen molar-refractivity contribution in [1.82, 2.24) is 9.55 Å². The molecular weight excluding hydrogens is 364 g/mol. The van der Waals surface area contributed by atoms with Gasteiger partial charge >= 0.3 is 0 Å². The zero-order chi connectivity index (χ0) is 12.3. The van der Waals surface area contributed by atoms with Gasteiger partial charge in [-0.2, -0.15) is 0 Å². The minimum atomic E-state index is -0.164. The first-order valence-corrected chi connectivity index (χ1v) is 5.85. The van der Waals surface area contributed by atoms with E-state index < -0.39 is 0 Å². The number of aryl methyl sites for hydroxylation is 1. The Hall–Kier alpha value is -1.14. The normalized spacial score (nSPS) is 9.67. The Morgan fingerprint density at radius 1 is 1.33 bits per heavy atom. The molecule has 4 nitrogen and oxygen atoms in total. The van der Waals surface area contributed by atoms with E-state index in [2.05, 4.69) is 20.9 Å². The fourth-order valence-electron chi connectivity index (χ4n) is 1.32. The van der Waals surface area contributed by atoms with Crippen molar-refractivity contribution in [3.05, 3.63) is 57.0 Å². The lowest BCUT2D eigenvalue weighted by Gasteiger charge is -2.07. The van der Waals surface area contributed by atoms with Crippen molar-refractivity contribution in [1.29, 1.82) is 0 Å². The number of nitrogens with zero attached hydrogens (tertiary/aromatic N) is 2. The lowest BCUT2D eigenvalue weighted by Crippen LogP contribution is -2.18. The summed E-state index contributed by atoms with van der Waals surface area (Å²) in [5.74, 6) is 0.317. The number of hydrogen-bond donors (Lipinski definition) is 0. The largest absolute Gasteiger partial charge is 0.472 e. The van der Waals surface area contributed by atoms with Crippen molar-refractivity contribution in [2.24, 2.45) is 7.05 Å². The maximum atomic E-state index is 11.6. The molecule has 0 unspecified atom stereocenters. The second kappa shape index (κ2) is 6.70. The average Bonchev–Trinajstić information content (AvgIpc) is 2.36. The van der Waals surface area contributed by atoms with Gasteiger partial charge < -0.3 is 9.30 Å². The highest BCUT2D eigenvalue weighted by Crippen LogP contribution is 2.17. The molecule has 0 atom stereocenters. The van der Waals surface area contributed by atoms with Gasteiger partial charge in [0.15, 0.2) is 0 Å². The molecule has 0 aliphatic carbocycles. The van der Waals surface area contributed by atoms with Crippen molar-refractivity contribution in [2.75, 3.05) is 0 Å². The first kappa shape index (κ1) is 14.9. The summed E-state index contributed by atoms with van der Waals surface area (Å²) in [5.41, 5.74) is 0.866. The zero-order valence-corrected chi connectivity index (χ0v) is 13.0. The predicted octanol–water partition coefficient (Wildman–Crippen LogP) is 2.70. The molecule has 2 aromatic rings. The standard InChI is InChI=1S/C12H11BrN2O2.BrH/c1-15-8-14-11(10(13)12(15)16)17-7-9-5-3-2-4-6-9;/h2-6,8H,7H2,1H3;1H. The Morgan fingerprint density at radius 2 is 2.00 bits per heavy atom. The molecule has 1 aromatic heterocycles. The van der Waals surface area contributed by atoms with E-state index in [4.69, 9.17) is 4.74 Å². The molecule has 0 radical (unpaired) electrons. The first-order valence-electron chi connectivity index (χ1n) is 5.06. The molecule has 0 N–H and O–H groups in total. The van der Waals surface area contributed by atoms with E-state index in [1.807, 2.05) is 30.3 Å². The summed E-state index contributed by atoms with van der Waals surface area (Å²) in [4.78, 5) is 15.6. The molecule has 0 amide bonds. The van der Waals surface area contributed by atoms with Gasteiger partial charge in [0, 0.05) is 7.05 Å². The zero-order valence-electron chi connectivity index (χ0n) is 9.67. The van der Waals surface area contributed by atoms with Gasteiger partial charge in [-0.05, 0) is 21.5 Å². The lowest BCUT2D eigenvalue weighted by molar-refractivity contribution is 0.289. The van der Waals surface area contributed by atoms with Crippen LogP contribution in [0, 0.1) is 0 Å². The Kier molecular flexibility index (Phi) is 5.55. The van der Waals surface area contributed by atoms with Crippen molar-refractivity contribution in [3.63, 3.8) is 0 Å². The number of ether oxygens (including phenoxy) is 1. The average molecular weight is 376 g/mol. The summed E-state index contributed by atoms with van der Waals surface area (Å²) in [6, 6.07) is 9.72. The molecule has 18 heavy (non-hydrogen) atoms. The summed E-state index contributed by atoms with van der Waals surface area (Å²) >= 11 is 3.18. The van der Waals surface area contributed by atoms with Crippen LogP contribution in [0.2, 0.25) is 0 Å². The van der Waals surface area contributed by atoms with Gasteiger partial charge in [-0.15, -0.1) is 17.0 Å². The molecule has 96 valence electrons. The number of aromatic nitrogens is 2. The van der Waals surface area contributed by atoms with E-state index in [9.17, 15) is 4.79 Å². The van der Waals surface area contributed by atoms with Crippen molar-refractivity contribution >= 4 is 32.9 Å². The van der Waals surface area contributed by atoms with Crippen LogP contribution in [0.1, 0.15) is 5.56 Å². The van der Waals surface area contributed by atoms with Gasteiger partial charge in [0.2, 0.25) is 5.88 Å². The SMILES string of the molecule is Br.Cn1cnc(OCc2ccccc2)c(Br)c1=O. The summed E-state index contributed by atoms with van der Waals surface area (Å²) in [5, 5.41) is 0. The van der Waals surface area contributed by atoms with Gasteiger partial charge in [-0.25, -0.2) is 4.98 Å². The smallest absolute Gasteiger partial charge is 0.271 e. The number of benzene rings is 1. The van der Waals surface area contributed by atoms with Crippen LogP contribution in [0.25, 0.3) is 0 Å². The van der Waals surface area contributed by atoms with E-state index in [-0.39, 0.29) is 22.5 Å². The molecule has 0 saturated carbocycles. The minimum Gasteiger partial charge on any atom is -0.472 e. The van der Waals surface area contributed by atoms with Crippen molar-refractivity contribution < 1.29 is 4.74 Å². The van der Waals surface area contributed by atoms with Gasteiger partial charge in [0.05, 0.1) is 0 Å². The van der Waals surface area contributed by atoms with Crippen LogP contribution in [-0.4, -0.2) is 9.55 Å². The second-order valence-electron chi connectivity index (χ2n) is 3.55. The van der Waals surface area contributed by atoms with Crippen LogP contribution in [0.5, 0.6) is 5.88 Å². The van der Waals surface area contributed by atoms with Crippen LogP contribution in [0.15, 0.2) is 45.9 Å². The predicted molar refractivity (Wildman–Crippen MR) is 78.3 cm³/mol. The molecule has 6 heteroatoms. The van der Waals surface area contributed by atoms with Crippen molar-refractivity contribution in [2.45, 2.75) is 6.61 Å². The van der Waals surface area contributed by atoms with E-state index >= 15 is 0 Å². The quantitative estimate of drug-likeness (QED) is 0.828. The molecule has 0 spiro atoms. The van der Waals surface area contributed by atoms with E-state index in [1.54, 1.807) is 7.05 Å². The van der Waals surface area contributed by atoms with E-state index in [0.29, 0.717) is 17.0 Å². The summed E-state index contributed by atoms with van der Waals surface area (Å²) in [6.07, 6.45) is 1.44. The minimum absolute atomic E-state index is 0. The molecule has 1 aromatic carbocycles. The van der Waals surface area contributed by atoms with Crippen LogP contribution in [-0.2, 0) is 13.7 Å². The Labute approximate surface area is 124 Å². The highest BCUT2D eigenvalue weighted by molar-refractivity contribution is 9.10. The Balaban J connectivity index is 0.00000162. The number of halogens is 2. The fourth-order valence-corrected chi connectivity index (χ4v) is 1.82. The van der Waals surface area contributed by atoms with Crippen LogP contribution >= 0.6 is 32.9 Å². The van der Waals surface area contributed by atoms with E-state index in [1.165, 1.54) is 10.9 Å². The van der Waals surface area contributed by atoms with Gasteiger partial charge in [-0.3, -0.25) is 4.79 Å². The van der Waals surface area contributed by atoms with Crippen LogP contribution in [0.4, 0.5) is 0 Å². The maximum Gasteiger partial charge on any atom is 0.271 e. The lowest BCUT2D eigenvalue weighted by atomic mass is 10.2. The highest BCUT2D eigenvalue weighted by atomic mass is 79.9. The summed E-state index contributed by atoms with van der Waals surface area (Å²) < 4.78 is 7.22. The third-order valence-electron chi connectivity index (χ3n) is 2.26. The highest BCUT2D eigenvalue weighted by Gasteiger charge is 2.08. The topological polar surface area (TPSA) is 44.1 Å². The molecule has 0 aliphatic heterocycles. The summed E-state index contributed by atoms with van der Waals surface area (Å²) in [6.45, 7) is 0.388. The van der Waals surface area contributed by atoms with Crippen LogP contribution < -0.4 is 10.3 Å². The first-order chi connectivity index (χ1) is 8.18. The fraction of sp³-hybridized carbons (Fsp3) is 0.167. The molecular formula is C12H12Br2N2O2. The molecule has 0 saturated heterocycles. The summed E-state index contributed by atoms with van der Waals surface area (Å²) in [7, 11) is 1.64. The van der Waals surface area contributed by atoms with Crippen molar-refractivity contribution in [3.8, 4) is 5.88 Å². The monoisotopic (exact) mass is 374 g/mol. The van der Waals surface area contributed by atoms with Crippen LogP contribution in [0.3, 0.4) is 0 Å². The third-order valence-corrected chi connectivity index (χ3v) is 2.94. The molecule has 2 rings (SSSR count). The van der Waals surface area contributed by atoms with E-state index in [0.717, 1.165) is 5.56 Å². The molecule has 0 bridgehead atoms. The molecule has 0 fully saturated rings. The third kappa shape index (κ3) is 3.43. The molecule has 0 aliphatic rings. The number of hydrogen-bond acceptors (Lipinski definition) is 3. The Bertz CT molecular complexity index is 570. The van der Waals surface area contributed by atoms with Gasteiger partial charge in [0.1, 0.15) is 17.4 Å². The molecule has 1 heterocycles.